The molecule has 0 saturated heterocycles. The average Bonchev–Trinajstić information content (AvgIpc) is 2.45. The lowest BCUT2D eigenvalue weighted by atomic mass is 10.2. The van der Waals surface area contributed by atoms with Crippen molar-refractivity contribution in [1.82, 2.24) is 9.88 Å². The lowest BCUT2D eigenvalue weighted by Crippen LogP contribution is -2.28. The first-order chi connectivity index (χ1) is 9.31. The summed E-state index contributed by atoms with van der Waals surface area (Å²) in [5, 5.41) is 4.64. The van der Waals surface area contributed by atoms with Crippen molar-refractivity contribution in [3.63, 3.8) is 0 Å². The van der Waals surface area contributed by atoms with Gasteiger partial charge in [-0.2, -0.15) is 0 Å². The van der Waals surface area contributed by atoms with Crippen molar-refractivity contribution in [2.24, 2.45) is 0 Å². The number of fused-ring (bicyclic) bond motifs is 1. The number of likely N-dealkylation sites (N-methyl/N-ethyl adjacent to an activating group) is 1. The molecule has 4 nitrogen and oxygen atoms in total. The fourth-order valence-electron chi connectivity index (χ4n) is 1.99. The number of nitrogens with zero attached hydrogens (tertiary/aromatic N) is 2. The van der Waals surface area contributed by atoms with E-state index in [2.05, 4.69) is 28.3 Å². The van der Waals surface area contributed by atoms with Gasteiger partial charge in [-0.25, -0.2) is 0 Å². The van der Waals surface area contributed by atoms with Gasteiger partial charge in [0.05, 0.1) is 12.1 Å². The summed E-state index contributed by atoms with van der Waals surface area (Å²) in [6.45, 7) is 3.62. The van der Waals surface area contributed by atoms with Gasteiger partial charge in [0.1, 0.15) is 0 Å². The van der Waals surface area contributed by atoms with Crippen LogP contribution in [0.5, 0.6) is 0 Å². The summed E-state index contributed by atoms with van der Waals surface area (Å²) in [5.74, 6) is 0. The molecule has 102 valence electrons. The van der Waals surface area contributed by atoms with Crippen LogP contribution in [0, 0.1) is 0 Å². The standard InChI is InChI=1S/C15H21N3O/c1-18(11-12-19-2)10-9-17-15-7-8-16-14-6-4-3-5-13(14)15/h3-8H,9-12H2,1-2H3,(H,16,17). The van der Waals surface area contributed by atoms with E-state index in [1.165, 1.54) is 5.39 Å². The molecule has 0 fully saturated rings. The number of methoxy groups -OCH3 is 1. The Bertz CT molecular complexity index is 510. The van der Waals surface area contributed by atoms with Gasteiger partial charge in [-0.05, 0) is 19.2 Å². The fraction of sp³-hybridized carbons (Fsp3) is 0.400. The highest BCUT2D eigenvalue weighted by Crippen LogP contribution is 2.20. The zero-order chi connectivity index (χ0) is 13.5. The number of aromatic nitrogens is 1. The molecular weight excluding hydrogens is 238 g/mol. The highest BCUT2D eigenvalue weighted by molar-refractivity contribution is 5.90. The van der Waals surface area contributed by atoms with Crippen molar-refractivity contribution in [1.29, 1.82) is 0 Å². The van der Waals surface area contributed by atoms with E-state index in [1.54, 1.807) is 7.11 Å². The molecule has 1 heterocycles. The maximum atomic E-state index is 5.06. The molecule has 0 aliphatic heterocycles. The fourth-order valence-corrected chi connectivity index (χ4v) is 1.99. The Kier molecular flexibility index (Phi) is 5.12. The predicted octanol–water partition coefficient (Wildman–Crippen LogP) is 2.22. The summed E-state index contributed by atoms with van der Waals surface area (Å²) >= 11 is 0. The zero-order valence-corrected chi connectivity index (χ0v) is 11.6. The van der Waals surface area contributed by atoms with Crippen LogP contribution < -0.4 is 5.32 Å². The molecule has 4 heteroatoms. The molecule has 0 saturated carbocycles. The van der Waals surface area contributed by atoms with Gasteiger partial charge in [-0.1, -0.05) is 18.2 Å². The third-order valence-electron chi connectivity index (χ3n) is 3.14. The van der Waals surface area contributed by atoms with Gasteiger partial charge in [-0.15, -0.1) is 0 Å². The summed E-state index contributed by atoms with van der Waals surface area (Å²) in [4.78, 5) is 6.61. The Hall–Kier alpha value is -1.65. The molecular formula is C15H21N3O. The first-order valence-electron chi connectivity index (χ1n) is 6.56. The van der Waals surface area contributed by atoms with Crippen LogP contribution in [0.3, 0.4) is 0 Å². The SMILES string of the molecule is COCCN(C)CCNc1ccnc2ccccc12. The molecule has 0 amide bonds. The van der Waals surface area contributed by atoms with Crippen LogP contribution in [0.1, 0.15) is 0 Å². The molecule has 0 aliphatic carbocycles. The first kappa shape index (κ1) is 13.8. The highest BCUT2D eigenvalue weighted by atomic mass is 16.5. The number of rotatable bonds is 7. The van der Waals surface area contributed by atoms with Gasteiger partial charge in [0.15, 0.2) is 0 Å². The van der Waals surface area contributed by atoms with Crippen molar-refractivity contribution in [2.75, 3.05) is 45.7 Å². The second-order valence-corrected chi connectivity index (χ2v) is 4.60. The van der Waals surface area contributed by atoms with E-state index in [0.29, 0.717) is 0 Å². The van der Waals surface area contributed by atoms with Gasteiger partial charge in [0, 0.05) is 44.0 Å². The maximum Gasteiger partial charge on any atom is 0.0722 e. The summed E-state index contributed by atoms with van der Waals surface area (Å²) in [5.41, 5.74) is 2.17. The van der Waals surface area contributed by atoms with Crippen LogP contribution in [0.2, 0.25) is 0 Å². The zero-order valence-electron chi connectivity index (χ0n) is 11.6. The Morgan fingerprint density at radius 1 is 1.21 bits per heavy atom. The highest BCUT2D eigenvalue weighted by Gasteiger charge is 2.01. The predicted molar refractivity (Wildman–Crippen MR) is 79.6 cm³/mol. The number of anilines is 1. The van der Waals surface area contributed by atoms with E-state index in [-0.39, 0.29) is 0 Å². The van der Waals surface area contributed by atoms with Crippen LogP contribution in [0.25, 0.3) is 10.9 Å². The molecule has 1 aromatic heterocycles. The summed E-state index contributed by atoms with van der Waals surface area (Å²) < 4.78 is 5.06. The third kappa shape index (κ3) is 3.91. The largest absolute Gasteiger partial charge is 0.383 e. The van der Waals surface area contributed by atoms with Crippen molar-refractivity contribution in [3.05, 3.63) is 36.5 Å². The van der Waals surface area contributed by atoms with Gasteiger partial charge in [0.25, 0.3) is 0 Å². The van der Waals surface area contributed by atoms with Gasteiger partial charge < -0.3 is 15.0 Å². The summed E-state index contributed by atoms with van der Waals surface area (Å²) in [7, 11) is 3.83. The average molecular weight is 259 g/mol. The number of hydrogen-bond acceptors (Lipinski definition) is 4. The second-order valence-electron chi connectivity index (χ2n) is 4.60. The number of nitrogens with one attached hydrogen (secondary N) is 1. The molecule has 0 radical (unpaired) electrons. The van der Waals surface area contributed by atoms with Crippen molar-refractivity contribution in [2.45, 2.75) is 0 Å². The maximum absolute atomic E-state index is 5.06. The van der Waals surface area contributed by atoms with Crippen LogP contribution in [-0.4, -0.2) is 50.3 Å². The van der Waals surface area contributed by atoms with E-state index in [0.717, 1.165) is 37.4 Å². The molecule has 0 bridgehead atoms. The molecule has 1 N–H and O–H groups in total. The number of hydrogen-bond donors (Lipinski definition) is 1. The molecule has 2 aromatic rings. The Balaban J connectivity index is 1.91. The Labute approximate surface area is 114 Å². The van der Waals surface area contributed by atoms with Crippen molar-refractivity contribution < 1.29 is 4.74 Å². The molecule has 1 aromatic carbocycles. The van der Waals surface area contributed by atoms with E-state index in [9.17, 15) is 0 Å². The minimum atomic E-state index is 0.773. The number of para-hydroxylation sites is 1. The van der Waals surface area contributed by atoms with Gasteiger partial charge in [0.2, 0.25) is 0 Å². The minimum absolute atomic E-state index is 0.773. The molecule has 0 spiro atoms. The Morgan fingerprint density at radius 2 is 2.05 bits per heavy atom. The molecule has 19 heavy (non-hydrogen) atoms. The molecule has 0 unspecified atom stereocenters. The molecule has 2 rings (SSSR count). The number of benzene rings is 1. The molecule has 0 aliphatic rings. The summed E-state index contributed by atoms with van der Waals surface area (Å²) in [6, 6.07) is 10.2. The lowest BCUT2D eigenvalue weighted by Gasteiger charge is -2.17. The number of pyridine rings is 1. The van der Waals surface area contributed by atoms with E-state index < -0.39 is 0 Å². The Morgan fingerprint density at radius 3 is 2.89 bits per heavy atom. The van der Waals surface area contributed by atoms with Crippen molar-refractivity contribution in [3.8, 4) is 0 Å². The van der Waals surface area contributed by atoms with E-state index >= 15 is 0 Å². The minimum Gasteiger partial charge on any atom is -0.383 e. The monoisotopic (exact) mass is 259 g/mol. The van der Waals surface area contributed by atoms with Crippen LogP contribution in [0.4, 0.5) is 5.69 Å². The topological polar surface area (TPSA) is 37.4 Å². The normalized spacial score (nSPS) is 11.1. The summed E-state index contributed by atoms with van der Waals surface area (Å²) in [6.07, 6.45) is 1.85. The van der Waals surface area contributed by atoms with Gasteiger partial charge >= 0.3 is 0 Å². The van der Waals surface area contributed by atoms with Crippen LogP contribution >= 0.6 is 0 Å². The quantitative estimate of drug-likeness (QED) is 0.827. The van der Waals surface area contributed by atoms with Crippen LogP contribution in [0.15, 0.2) is 36.5 Å². The molecule has 0 atom stereocenters. The lowest BCUT2D eigenvalue weighted by molar-refractivity contribution is 0.163. The first-order valence-corrected chi connectivity index (χ1v) is 6.56. The third-order valence-corrected chi connectivity index (χ3v) is 3.14. The van der Waals surface area contributed by atoms with Gasteiger partial charge in [-0.3, -0.25) is 4.98 Å². The van der Waals surface area contributed by atoms with E-state index in [1.807, 2.05) is 30.5 Å². The van der Waals surface area contributed by atoms with E-state index in [4.69, 9.17) is 4.74 Å². The second kappa shape index (κ2) is 7.07. The number of ether oxygens (including phenoxy) is 1. The smallest absolute Gasteiger partial charge is 0.0722 e. The van der Waals surface area contributed by atoms with Crippen LogP contribution in [-0.2, 0) is 4.74 Å². The van der Waals surface area contributed by atoms with Crippen molar-refractivity contribution >= 4 is 16.6 Å².